The van der Waals surface area contributed by atoms with Gasteiger partial charge in [-0.05, 0) is 25.8 Å². The minimum absolute atomic E-state index is 0.185. The summed E-state index contributed by atoms with van der Waals surface area (Å²) in [5.41, 5.74) is 1.35. The molecule has 0 amide bonds. The largest absolute Gasteiger partial charge is 0.343 e. The Bertz CT molecular complexity index is 390. The number of ether oxygens (including phenoxy) is 2. The zero-order valence-corrected chi connectivity index (χ0v) is 10.3. The van der Waals surface area contributed by atoms with Gasteiger partial charge in [-0.25, -0.2) is 0 Å². The van der Waals surface area contributed by atoms with Crippen LogP contribution in [0, 0.1) is 0 Å². The number of rotatable bonds is 2. The first-order valence-electron chi connectivity index (χ1n) is 6.27. The molecule has 0 spiro atoms. The van der Waals surface area contributed by atoms with Crippen molar-refractivity contribution in [3.8, 4) is 0 Å². The van der Waals surface area contributed by atoms with Gasteiger partial charge in [0.15, 0.2) is 5.79 Å². The van der Waals surface area contributed by atoms with E-state index in [1.54, 1.807) is 0 Å². The topological polar surface area (TPSA) is 30.5 Å². The molecule has 17 heavy (non-hydrogen) atoms. The maximum Gasteiger partial charge on any atom is 0.163 e. The number of nitrogens with one attached hydrogen (secondary N) is 1. The van der Waals surface area contributed by atoms with Crippen LogP contribution in [0.1, 0.15) is 19.4 Å². The summed E-state index contributed by atoms with van der Waals surface area (Å²) in [6.07, 6.45) is 1.39. The monoisotopic (exact) mass is 233 g/mol. The van der Waals surface area contributed by atoms with Gasteiger partial charge in [-0.2, -0.15) is 0 Å². The lowest BCUT2D eigenvalue weighted by molar-refractivity contribution is -0.152. The van der Waals surface area contributed by atoms with E-state index < -0.39 is 5.79 Å². The number of benzene rings is 1. The van der Waals surface area contributed by atoms with Gasteiger partial charge < -0.3 is 14.8 Å². The van der Waals surface area contributed by atoms with E-state index in [1.807, 2.05) is 19.9 Å². The molecule has 0 bridgehead atoms. The van der Waals surface area contributed by atoms with Crippen molar-refractivity contribution in [1.82, 2.24) is 5.32 Å². The van der Waals surface area contributed by atoms with Crippen LogP contribution < -0.4 is 5.32 Å². The highest BCUT2D eigenvalue weighted by Crippen LogP contribution is 2.33. The molecule has 2 heterocycles. The van der Waals surface area contributed by atoms with E-state index in [4.69, 9.17) is 9.47 Å². The second-order valence-electron chi connectivity index (χ2n) is 5.34. The van der Waals surface area contributed by atoms with E-state index in [-0.39, 0.29) is 12.2 Å². The summed E-state index contributed by atoms with van der Waals surface area (Å²) >= 11 is 0. The van der Waals surface area contributed by atoms with Crippen LogP contribution in [-0.2, 0) is 15.9 Å². The van der Waals surface area contributed by atoms with Crippen LogP contribution in [0.25, 0.3) is 0 Å². The van der Waals surface area contributed by atoms with Crippen LogP contribution >= 0.6 is 0 Å². The Hall–Kier alpha value is -0.900. The SMILES string of the molecule is CC1(C)OC2CN[C@@H](Cc3ccccc3)C2O1. The summed E-state index contributed by atoms with van der Waals surface area (Å²) in [6, 6.07) is 10.9. The van der Waals surface area contributed by atoms with Crippen LogP contribution in [-0.4, -0.2) is 30.6 Å². The van der Waals surface area contributed by atoms with Crippen molar-refractivity contribution in [3.05, 3.63) is 35.9 Å². The second-order valence-corrected chi connectivity index (χ2v) is 5.34. The molecule has 2 aliphatic rings. The van der Waals surface area contributed by atoms with Crippen LogP contribution in [0.4, 0.5) is 0 Å². The van der Waals surface area contributed by atoms with Crippen molar-refractivity contribution in [2.45, 2.75) is 44.3 Å². The highest BCUT2D eigenvalue weighted by molar-refractivity contribution is 5.17. The van der Waals surface area contributed by atoms with Crippen molar-refractivity contribution in [2.24, 2.45) is 0 Å². The molecule has 1 N–H and O–H groups in total. The predicted molar refractivity (Wildman–Crippen MR) is 65.8 cm³/mol. The standard InChI is InChI=1S/C14H19NO2/c1-14(2)16-12-9-15-11(13(12)17-14)8-10-6-4-3-5-7-10/h3-7,11-13,15H,8-9H2,1-2H3/t11-,12?,13?/m0/s1. The highest BCUT2D eigenvalue weighted by Gasteiger charge is 2.48. The zero-order valence-electron chi connectivity index (χ0n) is 10.3. The Kier molecular flexibility index (Phi) is 2.69. The van der Waals surface area contributed by atoms with E-state index in [2.05, 4.69) is 29.6 Å². The fraction of sp³-hybridized carbons (Fsp3) is 0.571. The van der Waals surface area contributed by atoms with Gasteiger partial charge in [0.1, 0.15) is 12.2 Å². The van der Waals surface area contributed by atoms with Gasteiger partial charge in [0.25, 0.3) is 0 Å². The average Bonchev–Trinajstić information content (AvgIpc) is 2.77. The average molecular weight is 233 g/mol. The second kappa shape index (κ2) is 4.09. The molecule has 0 saturated carbocycles. The molecule has 2 saturated heterocycles. The summed E-state index contributed by atoms with van der Waals surface area (Å²) in [5.74, 6) is -0.424. The minimum Gasteiger partial charge on any atom is -0.343 e. The molecule has 1 aromatic carbocycles. The Labute approximate surface area is 102 Å². The van der Waals surface area contributed by atoms with Crippen LogP contribution in [0.5, 0.6) is 0 Å². The fourth-order valence-electron chi connectivity index (χ4n) is 2.80. The molecule has 2 unspecified atom stereocenters. The lowest BCUT2D eigenvalue weighted by atomic mass is 10.0. The van der Waals surface area contributed by atoms with Gasteiger partial charge in [0.2, 0.25) is 0 Å². The van der Waals surface area contributed by atoms with Gasteiger partial charge in [-0.3, -0.25) is 0 Å². The first-order chi connectivity index (χ1) is 8.14. The Morgan fingerprint density at radius 1 is 1.24 bits per heavy atom. The van der Waals surface area contributed by atoms with Gasteiger partial charge in [-0.15, -0.1) is 0 Å². The molecule has 2 fully saturated rings. The van der Waals surface area contributed by atoms with Crippen LogP contribution in [0.2, 0.25) is 0 Å². The first-order valence-corrected chi connectivity index (χ1v) is 6.27. The lowest BCUT2D eigenvalue weighted by Crippen LogP contribution is -2.36. The number of hydrogen-bond acceptors (Lipinski definition) is 3. The maximum absolute atomic E-state index is 5.97. The third-order valence-electron chi connectivity index (χ3n) is 3.50. The van der Waals surface area contributed by atoms with Crippen LogP contribution in [0.15, 0.2) is 30.3 Å². The number of fused-ring (bicyclic) bond motifs is 1. The minimum atomic E-state index is -0.424. The quantitative estimate of drug-likeness (QED) is 0.843. The molecule has 92 valence electrons. The summed E-state index contributed by atoms with van der Waals surface area (Å²) < 4.78 is 11.8. The van der Waals surface area contributed by atoms with Gasteiger partial charge in [-0.1, -0.05) is 30.3 Å². The molecule has 3 nitrogen and oxygen atoms in total. The smallest absolute Gasteiger partial charge is 0.163 e. The molecule has 3 heteroatoms. The first kappa shape index (κ1) is 11.2. The molecule has 3 atom stereocenters. The van der Waals surface area contributed by atoms with Gasteiger partial charge in [0.05, 0.1) is 0 Å². The van der Waals surface area contributed by atoms with Gasteiger partial charge in [0, 0.05) is 12.6 Å². The van der Waals surface area contributed by atoms with Crippen molar-refractivity contribution in [1.29, 1.82) is 0 Å². The van der Waals surface area contributed by atoms with E-state index in [9.17, 15) is 0 Å². The third kappa shape index (κ3) is 2.23. The molecule has 0 aromatic heterocycles. The van der Waals surface area contributed by atoms with E-state index in [1.165, 1.54) is 5.56 Å². The van der Waals surface area contributed by atoms with Gasteiger partial charge >= 0.3 is 0 Å². The Balaban J connectivity index is 1.70. The van der Waals surface area contributed by atoms with Crippen molar-refractivity contribution in [3.63, 3.8) is 0 Å². The summed E-state index contributed by atoms with van der Waals surface area (Å²) in [7, 11) is 0. The Morgan fingerprint density at radius 3 is 2.76 bits per heavy atom. The third-order valence-corrected chi connectivity index (χ3v) is 3.50. The lowest BCUT2D eigenvalue weighted by Gasteiger charge is -2.22. The molecule has 1 aromatic rings. The number of hydrogen-bond donors (Lipinski definition) is 1. The van der Waals surface area contributed by atoms with E-state index >= 15 is 0 Å². The Morgan fingerprint density at radius 2 is 2.00 bits per heavy atom. The zero-order chi connectivity index (χ0) is 11.9. The summed E-state index contributed by atoms with van der Waals surface area (Å²) in [4.78, 5) is 0. The van der Waals surface area contributed by atoms with Crippen molar-refractivity contribution in [2.75, 3.05) is 6.54 Å². The molecule has 3 rings (SSSR count). The van der Waals surface area contributed by atoms with Crippen molar-refractivity contribution >= 4 is 0 Å². The van der Waals surface area contributed by atoms with Crippen molar-refractivity contribution < 1.29 is 9.47 Å². The summed E-state index contributed by atoms with van der Waals surface area (Å²) in [5, 5.41) is 3.49. The highest BCUT2D eigenvalue weighted by atomic mass is 16.8. The molecular formula is C14H19NO2. The molecular weight excluding hydrogens is 214 g/mol. The maximum atomic E-state index is 5.97. The van der Waals surface area contributed by atoms with E-state index in [0.29, 0.717) is 6.04 Å². The predicted octanol–water partition coefficient (Wildman–Crippen LogP) is 1.72. The van der Waals surface area contributed by atoms with Crippen LogP contribution in [0.3, 0.4) is 0 Å². The van der Waals surface area contributed by atoms with E-state index in [0.717, 1.165) is 13.0 Å². The molecule has 0 radical (unpaired) electrons. The summed E-state index contributed by atoms with van der Waals surface area (Å²) in [6.45, 7) is 4.88. The molecule has 2 aliphatic heterocycles. The fourth-order valence-corrected chi connectivity index (χ4v) is 2.80. The molecule has 0 aliphatic carbocycles. The normalized spacial score (nSPS) is 34.8.